The molecule has 222 valence electrons. The van der Waals surface area contributed by atoms with Gasteiger partial charge in [-0.2, -0.15) is 5.10 Å². The zero-order chi connectivity index (χ0) is 28.9. The molecule has 9 heteroatoms. The van der Waals surface area contributed by atoms with Gasteiger partial charge in [0.2, 0.25) is 0 Å². The van der Waals surface area contributed by atoms with E-state index in [0.29, 0.717) is 29.3 Å². The predicted octanol–water partition coefficient (Wildman–Crippen LogP) is 6.42. The fraction of sp³-hybridized carbons (Fsp3) is 0.531. The standard InChI is InChI=1S/C32H45FN6O2/c1-3-4-5-6-7-8-9-17-39-18-15-24(16-19-39)31-36-30(37-38-31)23-34-27-12-10-11-25(20-27)32(40)35-22-26-13-14-28(41-2)21-29(26)33/h10-14,20-21,24,34H,3-9,15-19,22-23H2,1-2H3,(H,35,40)(H,36,37,38). The van der Waals surface area contributed by atoms with Gasteiger partial charge in [0, 0.05) is 35.3 Å². The SMILES string of the molecule is CCCCCCCCCN1CCC(c2n[nH]c(CNc3cccc(C(=O)NCc4ccc(OC)cc4F)c3)n2)CC1. The first-order valence-electron chi connectivity index (χ1n) is 15.1. The van der Waals surface area contributed by atoms with Crippen LogP contribution in [0.1, 0.15) is 98.2 Å². The van der Waals surface area contributed by atoms with E-state index < -0.39 is 5.82 Å². The summed E-state index contributed by atoms with van der Waals surface area (Å²) in [6.45, 7) is 6.27. The molecule has 0 radical (unpaired) electrons. The van der Waals surface area contributed by atoms with E-state index in [2.05, 4.69) is 32.7 Å². The summed E-state index contributed by atoms with van der Waals surface area (Å²) in [5.74, 6) is 1.82. The van der Waals surface area contributed by atoms with Crippen molar-refractivity contribution in [2.24, 2.45) is 0 Å². The molecule has 1 amide bonds. The maximum atomic E-state index is 14.2. The molecule has 3 aromatic rings. The Labute approximate surface area is 243 Å². The first-order valence-corrected chi connectivity index (χ1v) is 15.1. The van der Waals surface area contributed by atoms with Gasteiger partial charge in [-0.15, -0.1) is 0 Å². The number of aromatic nitrogens is 3. The minimum absolute atomic E-state index is 0.0885. The fourth-order valence-corrected chi connectivity index (χ4v) is 5.31. The summed E-state index contributed by atoms with van der Waals surface area (Å²) in [5, 5.41) is 13.7. The van der Waals surface area contributed by atoms with Crippen molar-refractivity contribution in [3.63, 3.8) is 0 Å². The molecule has 2 heterocycles. The lowest BCUT2D eigenvalue weighted by Gasteiger charge is -2.30. The van der Waals surface area contributed by atoms with Crippen molar-refractivity contribution in [3.8, 4) is 5.75 Å². The summed E-state index contributed by atoms with van der Waals surface area (Å²) >= 11 is 0. The van der Waals surface area contributed by atoms with Crippen LogP contribution in [0.15, 0.2) is 42.5 Å². The number of halogens is 1. The highest BCUT2D eigenvalue weighted by atomic mass is 19.1. The van der Waals surface area contributed by atoms with Crippen LogP contribution < -0.4 is 15.4 Å². The lowest BCUT2D eigenvalue weighted by atomic mass is 9.96. The molecule has 0 aliphatic carbocycles. The molecule has 0 unspecified atom stereocenters. The minimum atomic E-state index is -0.416. The number of aromatic amines is 1. The van der Waals surface area contributed by atoms with Crippen molar-refractivity contribution in [1.82, 2.24) is 25.4 Å². The number of hydrogen-bond donors (Lipinski definition) is 3. The molecule has 1 saturated heterocycles. The maximum Gasteiger partial charge on any atom is 0.251 e. The Balaban J connectivity index is 1.18. The summed E-state index contributed by atoms with van der Waals surface area (Å²) < 4.78 is 19.2. The number of carbonyl (C=O) groups excluding carboxylic acids is 1. The van der Waals surface area contributed by atoms with E-state index in [4.69, 9.17) is 9.72 Å². The molecule has 2 aromatic carbocycles. The van der Waals surface area contributed by atoms with Gasteiger partial charge in [0.05, 0.1) is 13.7 Å². The highest BCUT2D eigenvalue weighted by Gasteiger charge is 2.23. The van der Waals surface area contributed by atoms with E-state index in [1.807, 2.05) is 12.1 Å². The normalized spacial score (nSPS) is 14.2. The van der Waals surface area contributed by atoms with Crippen molar-refractivity contribution >= 4 is 11.6 Å². The molecule has 0 saturated carbocycles. The molecular weight excluding hydrogens is 519 g/mol. The molecule has 1 aliphatic rings. The average molecular weight is 565 g/mol. The van der Waals surface area contributed by atoms with Crippen molar-refractivity contribution in [2.75, 3.05) is 32.1 Å². The lowest BCUT2D eigenvalue weighted by molar-refractivity contribution is 0.0950. The van der Waals surface area contributed by atoms with Crippen molar-refractivity contribution in [3.05, 3.63) is 71.1 Å². The Morgan fingerprint density at radius 2 is 1.83 bits per heavy atom. The van der Waals surface area contributed by atoms with Crippen LogP contribution >= 0.6 is 0 Å². The van der Waals surface area contributed by atoms with Crippen molar-refractivity contribution in [1.29, 1.82) is 0 Å². The number of benzene rings is 2. The summed E-state index contributed by atoms with van der Waals surface area (Å²) in [4.78, 5) is 20.0. The number of piperidine rings is 1. The average Bonchev–Trinajstić information content (AvgIpc) is 3.48. The second kappa shape index (κ2) is 16.1. The molecule has 41 heavy (non-hydrogen) atoms. The molecular formula is C32H45FN6O2. The molecule has 1 aliphatic heterocycles. The summed E-state index contributed by atoms with van der Waals surface area (Å²) in [5.41, 5.74) is 1.68. The van der Waals surface area contributed by atoms with Crippen molar-refractivity contribution < 1.29 is 13.9 Å². The molecule has 8 nitrogen and oxygen atoms in total. The number of H-pyrrole nitrogens is 1. The molecule has 4 rings (SSSR count). The molecule has 1 aromatic heterocycles. The van der Waals surface area contributed by atoms with Crippen LogP contribution in [0.4, 0.5) is 10.1 Å². The van der Waals surface area contributed by atoms with Crippen LogP contribution in [0.2, 0.25) is 0 Å². The van der Waals surface area contributed by atoms with Gasteiger partial charge in [0.1, 0.15) is 17.4 Å². The van der Waals surface area contributed by atoms with Gasteiger partial charge < -0.3 is 20.3 Å². The number of amides is 1. The molecule has 1 fully saturated rings. The number of hydrogen-bond acceptors (Lipinski definition) is 6. The Morgan fingerprint density at radius 1 is 1.05 bits per heavy atom. The third-order valence-corrected chi connectivity index (χ3v) is 7.86. The Morgan fingerprint density at radius 3 is 2.59 bits per heavy atom. The topological polar surface area (TPSA) is 95.2 Å². The highest BCUT2D eigenvalue weighted by Crippen LogP contribution is 2.26. The monoisotopic (exact) mass is 564 g/mol. The minimum Gasteiger partial charge on any atom is -0.497 e. The second-order valence-electron chi connectivity index (χ2n) is 11.0. The molecule has 0 spiro atoms. The number of unbranched alkanes of at least 4 members (excludes halogenated alkanes) is 6. The van der Waals surface area contributed by atoms with Crippen molar-refractivity contribution in [2.45, 2.75) is 83.7 Å². The highest BCUT2D eigenvalue weighted by molar-refractivity contribution is 5.95. The van der Waals surface area contributed by atoms with E-state index >= 15 is 0 Å². The molecule has 0 bridgehead atoms. The van der Waals surface area contributed by atoms with Crippen LogP contribution in [0.3, 0.4) is 0 Å². The van der Waals surface area contributed by atoms with Crippen LogP contribution in [0.5, 0.6) is 5.75 Å². The van der Waals surface area contributed by atoms with Gasteiger partial charge in [0.25, 0.3) is 5.91 Å². The molecule has 0 atom stereocenters. The first-order chi connectivity index (χ1) is 20.1. The van der Waals surface area contributed by atoms with Crippen LogP contribution in [0.25, 0.3) is 0 Å². The van der Waals surface area contributed by atoms with Gasteiger partial charge in [-0.3, -0.25) is 9.89 Å². The van der Waals surface area contributed by atoms with Crippen LogP contribution in [-0.4, -0.2) is 52.7 Å². The number of rotatable bonds is 16. The number of likely N-dealkylation sites (tertiary alicyclic amines) is 1. The van der Waals surface area contributed by atoms with E-state index in [1.54, 1.807) is 24.3 Å². The second-order valence-corrected chi connectivity index (χ2v) is 11.0. The first kappa shape index (κ1) is 30.5. The van der Waals surface area contributed by atoms with Gasteiger partial charge in [-0.1, -0.05) is 57.6 Å². The maximum absolute atomic E-state index is 14.2. The Bertz CT molecular complexity index is 1220. The quantitative estimate of drug-likeness (QED) is 0.174. The van der Waals surface area contributed by atoms with E-state index in [0.717, 1.165) is 43.3 Å². The Kier molecular flexibility index (Phi) is 12.0. The Hall–Kier alpha value is -3.46. The third-order valence-electron chi connectivity index (χ3n) is 7.86. The number of ether oxygens (including phenoxy) is 1. The number of nitrogens with one attached hydrogen (secondary N) is 3. The summed E-state index contributed by atoms with van der Waals surface area (Å²) in [6.07, 6.45) is 11.7. The number of carbonyl (C=O) groups is 1. The molecule has 3 N–H and O–H groups in total. The van der Waals surface area contributed by atoms with Gasteiger partial charge >= 0.3 is 0 Å². The summed E-state index contributed by atoms with van der Waals surface area (Å²) in [6, 6.07) is 11.8. The number of nitrogens with zero attached hydrogens (tertiary/aromatic N) is 3. The van der Waals surface area contributed by atoms with E-state index in [1.165, 1.54) is 64.7 Å². The summed E-state index contributed by atoms with van der Waals surface area (Å²) in [7, 11) is 1.49. The van der Waals surface area contributed by atoms with Crippen LogP contribution in [0, 0.1) is 5.82 Å². The number of methoxy groups -OCH3 is 1. The predicted molar refractivity (Wildman–Crippen MR) is 161 cm³/mol. The fourth-order valence-electron chi connectivity index (χ4n) is 5.31. The number of anilines is 1. The zero-order valence-corrected chi connectivity index (χ0v) is 24.6. The van der Waals surface area contributed by atoms with Gasteiger partial charge in [-0.05, 0) is 63.2 Å². The zero-order valence-electron chi connectivity index (χ0n) is 24.6. The van der Waals surface area contributed by atoms with Crippen LogP contribution in [-0.2, 0) is 13.1 Å². The smallest absolute Gasteiger partial charge is 0.251 e. The third kappa shape index (κ3) is 9.56. The van der Waals surface area contributed by atoms with Gasteiger partial charge in [-0.25, -0.2) is 9.37 Å². The van der Waals surface area contributed by atoms with E-state index in [-0.39, 0.29) is 12.5 Å². The van der Waals surface area contributed by atoms with Gasteiger partial charge in [0.15, 0.2) is 5.82 Å². The largest absolute Gasteiger partial charge is 0.497 e. The lowest BCUT2D eigenvalue weighted by Crippen LogP contribution is -2.34. The van der Waals surface area contributed by atoms with E-state index in [9.17, 15) is 9.18 Å².